The number of piperidine rings is 1. The summed E-state index contributed by atoms with van der Waals surface area (Å²) in [7, 11) is 0. The quantitative estimate of drug-likeness (QED) is 0.621. The van der Waals surface area contributed by atoms with E-state index in [1.165, 1.54) is 45.3 Å². The lowest BCUT2D eigenvalue weighted by Gasteiger charge is -2.28. The van der Waals surface area contributed by atoms with Crippen molar-refractivity contribution in [1.82, 2.24) is 4.90 Å². The first-order chi connectivity index (χ1) is 5.95. The van der Waals surface area contributed by atoms with Crippen LogP contribution in [0, 0.1) is 5.92 Å². The van der Waals surface area contributed by atoms with Gasteiger partial charge in [-0.3, -0.25) is 0 Å². The van der Waals surface area contributed by atoms with Gasteiger partial charge in [-0.1, -0.05) is 6.42 Å². The van der Waals surface area contributed by atoms with Crippen LogP contribution in [-0.2, 0) is 4.74 Å². The maximum Gasteiger partial charge on any atom is 0.0507 e. The minimum absolute atomic E-state index is 0.836. The van der Waals surface area contributed by atoms with Crippen molar-refractivity contribution in [1.29, 1.82) is 0 Å². The SMILES string of the molecule is C1CCN(CC2CCOC2)CC1. The molecule has 70 valence electrons. The second kappa shape index (κ2) is 4.24. The summed E-state index contributed by atoms with van der Waals surface area (Å²) in [5, 5.41) is 0. The predicted molar refractivity (Wildman–Crippen MR) is 49.2 cm³/mol. The normalized spacial score (nSPS) is 32.5. The highest BCUT2D eigenvalue weighted by Crippen LogP contribution is 2.16. The second-order valence-corrected chi connectivity index (χ2v) is 4.09. The number of ether oxygens (including phenoxy) is 1. The van der Waals surface area contributed by atoms with Crippen LogP contribution in [0.1, 0.15) is 25.7 Å². The summed E-state index contributed by atoms with van der Waals surface area (Å²) in [5.74, 6) is 0.836. The first kappa shape index (κ1) is 8.52. The maximum atomic E-state index is 5.37. The average Bonchev–Trinajstić information content (AvgIpc) is 2.59. The van der Waals surface area contributed by atoms with E-state index in [1.54, 1.807) is 0 Å². The Labute approximate surface area is 74.9 Å². The molecular formula is C10H19NO. The Morgan fingerprint density at radius 1 is 1.17 bits per heavy atom. The van der Waals surface area contributed by atoms with Gasteiger partial charge in [0.25, 0.3) is 0 Å². The third kappa shape index (κ3) is 2.20. The van der Waals surface area contributed by atoms with Gasteiger partial charge in [-0.05, 0) is 38.3 Å². The molecule has 1 atom stereocenters. The zero-order valence-electron chi connectivity index (χ0n) is 7.80. The van der Waals surface area contributed by atoms with Gasteiger partial charge in [0.05, 0.1) is 6.61 Å². The van der Waals surface area contributed by atoms with Crippen molar-refractivity contribution in [2.24, 2.45) is 5.92 Å². The summed E-state index contributed by atoms with van der Waals surface area (Å²) in [6.07, 6.45) is 5.55. The van der Waals surface area contributed by atoms with Crippen LogP contribution in [0.25, 0.3) is 0 Å². The summed E-state index contributed by atoms with van der Waals surface area (Å²) in [6.45, 7) is 5.96. The monoisotopic (exact) mass is 169 g/mol. The molecule has 0 spiro atoms. The van der Waals surface area contributed by atoms with Crippen molar-refractivity contribution in [3.63, 3.8) is 0 Å². The van der Waals surface area contributed by atoms with E-state index >= 15 is 0 Å². The van der Waals surface area contributed by atoms with Gasteiger partial charge in [0.1, 0.15) is 0 Å². The lowest BCUT2D eigenvalue weighted by Crippen LogP contribution is -2.34. The Hall–Kier alpha value is -0.0800. The van der Waals surface area contributed by atoms with Gasteiger partial charge in [-0.2, -0.15) is 0 Å². The van der Waals surface area contributed by atoms with E-state index in [2.05, 4.69) is 4.90 Å². The first-order valence-electron chi connectivity index (χ1n) is 5.25. The first-order valence-corrected chi connectivity index (χ1v) is 5.25. The van der Waals surface area contributed by atoms with Crippen LogP contribution < -0.4 is 0 Å². The van der Waals surface area contributed by atoms with Crippen LogP contribution in [-0.4, -0.2) is 37.7 Å². The van der Waals surface area contributed by atoms with Crippen LogP contribution in [0.3, 0.4) is 0 Å². The third-order valence-electron chi connectivity index (χ3n) is 2.99. The van der Waals surface area contributed by atoms with Crippen LogP contribution in [0.5, 0.6) is 0 Å². The molecule has 0 N–H and O–H groups in total. The van der Waals surface area contributed by atoms with E-state index < -0.39 is 0 Å². The van der Waals surface area contributed by atoms with Crippen molar-refractivity contribution in [2.45, 2.75) is 25.7 Å². The Kier molecular flexibility index (Phi) is 3.01. The summed E-state index contributed by atoms with van der Waals surface area (Å²) in [6, 6.07) is 0. The fraction of sp³-hybridized carbons (Fsp3) is 1.00. The zero-order valence-corrected chi connectivity index (χ0v) is 7.80. The molecule has 2 heterocycles. The van der Waals surface area contributed by atoms with Gasteiger partial charge in [0.15, 0.2) is 0 Å². The van der Waals surface area contributed by atoms with E-state index in [0.29, 0.717) is 0 Å². The Morgan fingerprint density at radius 2 is 2.00 bits per heavy atom. The van der Waals surface area contributed by atoms with E-state index in [9.17, 15) is 0 Å². The fourth-order valence-corrected chi connectivity index (χ4v) is 2.23. The molecule has 2 fully saturated rings. The highest BCUT2D eigenvalue weighted by atomic mass is 16.5. The fourth-order valence-electron chi connectivity index (χ4n) is 2.23. The molecule has 2 saturated heterocycles. The molecule has 0 radical (unpaired) electrons. The summed E-state index contributed by atoms with van der Waals surface area (Å²) in [5.41, 5.74) is 0. The van der Waals surface area contributed by atoms with Gasteiger partial charge in [0.2, 0.25) is 0 Å². The molecule has 2 aliphatic heterocycles. The zero-order chi connectivity index (χ0) is 8.23. The molecule has 2 aliphatic rings. The maximum absolute atomic E-state index is 5.37. The Balaban J connectivity index is 1.69. The van der Waals surface area contributed by atoms with E-state index in [0.717, 1.165) is 19.1 Å². The van der Waals surface area contributed by atoms with Gasteiger partial charge >= 0.3 is 0 Å². The van der Waals surface area contributed by atoms with Gasteiger partial charge in [0, 0.05) is 13.2 Å². The van der Waals surface area contributed by atoms with Crippen LogP contribution in [0.15, 0.2) is 0 Å². The lowest BCUT2D eigenvalue weighted by atomic mass is 10.1. The number of likely N-dealkylation sites (tertiary alicyclic amines) is 1. The molecule has 0 saturated carbocycles. The molecule has 0 aromatic heterocycles. The highest BCUT2D eigenvalue weighted by Gasteiger charge is 2.19. The summed E-state index contributed by atoms with van der Waals surface area (Å²) in [4.78, 5) is 2.61. The van der Waals surface area contributed by atoms with Gasteiger partial charge in [-0.25, -0.2) is 0 Å². The minimum atomic E-state index is 0.836. The van der Waals surface area contributed by atoms with Crippen molar-refractivity contribution >= 4 is 0 Å². The molecule has 2 rings (SSSR count). The van der Waals surface area contributed by atoms with Gasteiger partial charge < -0.3 is 9.64 Å². The lowest BCUT2D eigenvalue weighted by molar-refractivity contribution is 0.157. The molecule has 0 aliphatic carbocycles. The van der Waals surface area contributed by atoms with Crippen molar-refractivity contribution in [2.75, 3.05) is 32.8 Å². The van der Waals surface area contributed by atoms with E-state index in [1.807, 2.05) is 0 Å². The third-order valence-corrected chi connectivity index (χ3v) is 2.99. The Morgan fingerprint density at radius 3 is 2.67 bits per heavy atom. The van der Waals surface area contributed by atoms with Crippen LogP contribution >= 0.6 is 0 Å². The van der Waals surface area contributed by atoms with E-state index in [-0.39, 0.29) is 0 Å². The van der Waals surface area contributed by atoms with Crippen LogP contribution in [0.4, 0.5) is 0 Å². The minimum Gasteiger partial charge on any atom is -0.381 e. The molecule has 0 aromatic rings. The number of rotatable bonds is 2. The van der Waals surface area contributed by atoms with Gasteiger partial charge in [-0.15, -0.1) is 0 Å². The number of hydrogen-bond acceptors (Lipinski definition) is 2. The molecule has 0 aromatic carbocycles. The molecular weight excluding hydrogens is 150 g/mol. The number of hydrogen-bond donors (Lipinski definition) is 0. The second-order valence-electron chi connectivity index (χ2n) is 4.09. The largest absolute Gasteiger partial charge is 0.381 e. The van der Waals surface area contributed by atoms with Crippen molar-refractivity contribution in [3.8, 4) is 0 Å². The summed E-state index contributed by atoms with van der Waals surface area (Å²) < 4.78 is 5.37. The Bertz CT molecular complexity index is 126. The van der Waals surface area contributed by atoms with Crippen LogP contribution in [0.2, 0.25) is 0 Å². The molecule has 2 heteroatoms. The van der Waals surface area contributed by atoms with E-state index in [4.69, 9.17) is 4.74 Å². The standard InChI is InChI=1S/C10H19NO/c1-2-5-11(6-3-1)8-10-4-7-12-9-10/h10H,1-9H2. The van der Waals surface area contributed by atoms with Crippen molar-refractivity contribution < 1.29 is 4.74 Å². The topological polar surface area (TPSA) is 12.5 Å². The summed E-state index contributed by atoms with van der Waals surface area (Å²) >= 11 is 0. The smallest absolute Gasteiger partial charge is 0.0507 e. The highest BCUT2D eigenvalue weighted by molar-refractivity contribution is 4.72. The molecule has 12 heavy (non-hydrogen) atoms. The molecule has 1 unspecified atom stereocenters. The predicted octanol–water partition coefficient (Wildman–Crippen LogP) is 1.51. The van der Waals surface area contributed by atoms with Crippen molar-refractivity contribution in [3.05, 3.63) is 0 Å². The molecule has 2 nitrogen and oxygen atoms in total. The number of nitrogens with zero attached hydrogens (tertiary/aromatic N) is 1. The molecule has 0 bridgehead atoms. The molecule has 0 amide bonds. The average molecular weight is 169 g/mol.